The molecule has 0 unspecified atom stereocenters. The topological polar surface area (TPSA) is 24.9 Å². The summed E-state index contributed by atoms with van der Waals surface area (Å²) in [4.78, 5) is 4.48. The van der Waals surface area contributed by atoms with Gasteiger partial charge in [-0.05, 0) is 37.9 Å². The van der Waals surface area contributed by atoms with Crippen LogP contribution in [0.15, 0.2) is 18.2 Å². The fraction of sp³-hybridized carbons (Fsp3) is 0.688. The van der Waals surface area contributed by atoms with Gasteiger partial charge in [-0.3, -0.25) is 4.98 Å². The molecule has 1 aromatic heterocycles. The van der Waals surface area contributed by atoms with E-state index >= 15 is 0 Å². The number of nitrogens with one attached hydrogen (secondary N) is 1. The molecule has 0 saturated heterocycles. The number of unbranched alkanes of at least 4 members (excludes halogenated alkanes) is 3. The van der Waals surface area contributed by atoms with Gasteiger partial charge in [0.25, 0.3) is 0 Å². The van der Waals surface area contributed by atoms with E-state index in [2.05, 4.69) is 36.3 Å². The van der Waals surface area contributed by atoms with Gasteiger partial charge in [-0.2, -0.15) is 0 Å². The number of rotatable bonds is 9. The molecule has 1 aromatic rings. The molecule has 0 amide bonds. The van der Waals surface area contributed by atoms with Crippen LogP contribution in [0.3, 0.4) is 0 Å². The summed E-state index contributed by atoms with van der Waals surface area (Å²) in [5.41, 5.74) is 2.25. The molecular formula is C16H28N2. The quantitative estimate of drug-likeness (QED) is 0.666. The Labute approximate surface area is 112 Å². The normalized spacial score (nSPS) is 11.1. The molecule has 1 rings (SSSR count). The van der Waals surface area contributed by atoms with Gasteiger partial charge in [-0.15, -0.1) is 0 Å². The average Bonchev–Trinajstić information content (AvgIpc) is 2.32. The molecule has 2 heteroatoms. The molecule has 102 valence electrons. The van der Waals surface area contributed by atoms with Gasteiger partial charge in [0.1, 0.15) is 0 Å². The molecule has 0 aliphatic carbocycles. The van der Waals surface area contributed by atoms with Crippen molar-refractivity contribution in [1.29, 1.82) is 0 Å². The monoisotopic (exact) mass is 248 g/mol. The second-order valence-corrected chi connectivity index (χ2v) is 5.54. The van der Waals surface area contributed by atoms with Gasteiger partial charge in [0, 0.05) is 12.2 Å². The summed E-state index contributed by atoms with van der Waals surface area (Å²) in [6.45, 7) is 8.65. The first-order valence-electron chi connectivity index (χ1n) is 7.31. The number of pyridine rings is 1. The van der Waals surface area contributed by atoms with Gasteiger partial charge in [0.15, 0.2) is 0 Å². The fourth-order valence-electron chi connectivity index (χ4n) is 2.07. The van der Waals surface area contributed by atoms with Gasteiger partial charge >= 0.3 is 0 Å². The molecular weight excluding hydrogens is 220 g/mol. The van der Waals surface area contributed by atoms with Gasteiger partial charge in [-0.1, -0.05) is 45.6 Å². The molecule has 0 aliphatic rings. The summed E-state index contributed by atoms with van der Waals surface area (Å²) in [6, 6.07) is 6.20. The summed E-state index contributed by atoms with van der Waals surface area (Å²) in [7, 11) is 0. The minimum absolute atomic E-state index is 0.857. The second kappa shape index (κ2) is 9.09. The van der Waals surface area contributed by atoms with Crippen LogP contribution < -0.4 is 5.32 Å². The lowest BCUT2D eigenvalue weighted by Gasteiger charge is -2.06. The van der Waals surface area contributed by atoms with Crippen LogP contribution in [0, 0.1) is 12.8 Å². The van der Waals surface area contributed by atoms with E-state index in [0.29, 0.717) is 0 Å². The lowest BCUT2D eigenvalue weighted by atomic mass is 10.0. The first-order chi connectivity index (χ1) is 8.68. The van der Waals surface area contributed by atoms with Crippen LogP contribution in [0.5, 0.6) is 0 Å². The van der Waals surface area contributed by atoms with E-state index in [-0.39, 0.29) is 0 Å². The van der Waals surface area contributed by atoms with Crippen molar-refractivity contribution in [2.45, 2.75) is 59.4 Å². The molecule has 0 aromatic carbocycles. The van der Waals surface area contributed by atoms with E-state index in [0.717, 1.165) is 30.4 Å². The van der Waals surface area contributed by atoms with Crippen molar-refractivity contribution >= 4 is 0 Å². The maximum absolute atomic E-state index is 4.48. The van der Waals surface area contributed by atoms with Crippen molar-refractivity contribution in [1.82, 2.24) is 10.3 Å². The summed E-state index contributed by atoms with van der Waals surface area (Å²) in [5, 5.41) is 3.47. The van der Waals surface area contributed by atoms with Crippen LogP contribution in [-0.4, -0.2) is 11.5 Å². The Hall–Kier alpha value is -0.890. The Morgan fingerprint density at radius 3 is 2.61 bits per heavy atom. The number of hydrogen-bond donors (Lipinski definition) is 1. The highest BCUT2D eigenvalue weighted by Crippen LogP contribution is 2.09. The summed E-state index contributed by atoms with van der Waals surface area (Å²) >= 11 is 0. The molecule has 0 atom stereocenters. The molecule has 2 nitrogen and oxygen atoms in total. The smallest absolute Gasteiger partial charge is 0.0544 e. The third-order valence-electron chi connectivity index (χ3n) is 3.14. The number of aryl methyl sites for hydroxylation is 1. The molecule has 0 saturated carbocycles. The van der Waals surface area contributed by atoms with Crippen LogP contribution in [0.4, 0.5) is 0 Å². The van der Waals surface area contributed by atoms with Crippen LogP contribution in [-0.2, 0) is 6.54 Å². The number of hydrogen-bond acceptors (Lipinski definition) is 2. The molecule has 18 heavy (non-hydrogen) atoms. The van der Waals surface area contributed by atoms with Crippen molar-refractivity contribution < 1.29 is 0 Å². The van der Waals surface area contributed by atoms with Gasteiger partial charge < -0.3 is 5.32 Å². The predicted octanol–water partition coefficient (Wildman–Crippen LogP) is 4.09. The van der Waals surface area contributed by atoms with Crippen LogP contribution in [0.25, 0.3) is 0 Å². The highest BCUT2D eigenvalue weighted by atomic mass is 14.9. The lowest BCUT2D eigenvalue weighted by Crippen LogP contribution is -2.15. The Bertz CT molecular complexity index is 321. The Kier molecular flexibility index (Phi) is 7.66. The van der Waals surface area contributed by atoms with Gasteiger partial charge in [0.05, 0.1) is 5.69 Å². The first kappa shape index (κ1) is 15.2. The first-order valence-corrected chi connectivity index (χ1v) is 7.31. The molecule has 0 radical (unpaired) electrons. The van der Waals surface area contributed by atoms with Gasteiger partial charge in [0.2, 0.25) is 0 Å². The van der Waals surface area contributed by atoms with E-state index in [1.165, 1.54) is 32.1 Å². The minimum Gasteiger partial charge on any atom is -0.311 e. The van der Waals surface area contributed by atoms with E-state index in [9.17, 15) is 0 Å². The van der Waals surface area contributed by atoms with Crippen LogP contribution in [0.1, 0.15) is 57.3 Å². The van der Waals surface area contributed by atoms with E-state index < -0.39 is 0 Å². The molecule has 0 fully saturated rings. The third kappa shape index (κ3) is 7.44. The standard InChI is InChI=1S/C16H28N2/c1-14(2)9-6-4-5-7-12-17-13-16-11-8-10-15(3)18-16/h8,10-11,14,17H,4-7,9,12-13H2,1-3H3. The van der Waals surface area contributed by atoms with Crippen molar-refractivity contribution in [3.8, 4) is 0 Å². The second-order valence-electron chi connectivity index (χ2n) is 5.54. The molecule has 0 bridgehead atoms. The molecule has 1 heterocycles. The third-order valence-corrected chi connectivity index (χ3v) is 3.14. The van der Waals surface area contributed by atoms with Crippen LogP contribution >= 0.6 is 0 Å². The lowest BCUT2D eigenvalue weighted by molar-refractivity contribution is 0.511. The summed E-state index contributed by atoms with van der Waals surface area (Å²) in [6.07, 6.45) is 6.77. The maximum Gasteiger partial charge on any atom is 0.0544 e. The van der Waals surface area contributed by atoms with Crippen LogP contribution in [0.2, 0.25) is 0 Å². The highest BCUT2D eigenvalue weighted by Gasteiger charge is 1.96. The van der Waals surface area contributed by atoms with E-state index in [4.69, 9.17) is 0 Å². The van der Waals surface area contributed by atoms with Crippen molar-refractivity contribution in [3.05, 3.63) is 29.6 Å². The fourth-order valence-corrected chi connectivity index (χ4v) is 2.07. The Morgan fingerprint density at radius 1 is 1.11 bits per heavy atom. The van der Waals surface area contributed by atoms with Crippen molar-refractivity contribution in [2.75, 3.05) is 6.54 Å². The van der Waals surface area contributed by atoms with Crippen molar-refractivity contribution in [2.24, 2.45) is 5.92 Å². The van der Waals surface area contributed by atoms with E-state index in [1.54, 1.807) is 0 Å². The zero-order valence-corrected chi connectivity index (χ0v) is 12.2. The zero-order chi connectivity index (χ0) is 13.2. The largest absolute Gasteiger partial charge is 0.311 e. The predicted molar refractivity (Wildman–Crippen MR) is 78.6 cm³/mol. The maximum atomic E-state index is 4.48. The van der Waals surface area contributed by atoms with Crippen molar-refractivity contribution in [3.63, 3.8) is 0 Å². The molecule has 1 N–H and O–H groups in total. The highest BCUT2D eigenvalue weighted by molar-refractivity contribution is 5.09. The minimum atomic E-state index is 0.857. The SMILES string of the molecule is Cc1cccc(CNCCCCCCC(C)C)n1. The van der Waals surface area contributed by atoms with E-state index in [1.807, 2.05) is 13.0 Å². The molecule has 0 spiro atoms. The summed E-state index contributed by atoms with van der Waals surface area (Å²) < 4.78 is 0. The number of nitrogens with zero attached hydrogens (tertiary/aromatic N) is 1. The Morgan fingerprint density at radius 2 is 1.89 bits per heavy atom. The average molecular weight is 248 g/mol. The zero-order valence-electron chi connectivity index (χ0n) is 12.2. The summed E-state index contributed by atoms with van der Waals surface area (Å²) in [5.74, 6) is 0.857. The molecule has 0 aliphatic heterocycles. The number of aromatic nitrogens is 1. The van der Waals surface area contributed by atoms with Gasteiger partial charge in [-0.25, -0.2) is 0 Å². The Balaban J connectivity index is 1.96.